The van der Waals surface area contributed by atoms with Gasteiger partial charge in [0.1, 0.15) is 17.4 Å². The average molecular weight is 238 g/mol. The summed E-state index contributed by atoms with van der Waals surface area (Å²) >= 11 is 5.96. The lowest BCUT2D eigenvalue weighted by Crippen LogP contribution is -1.99. The number of rotatable bonds is 2. The van der Waals surface area contributed by atoms with Gasteiger partial charge in [0.05, 0.1) is 19.0 Å². The summed E-state index contributed by atoms with van der Waals surface area (Å²) in [7, 11) is 1.61. The van der Waals surface area contributed by atoms with Gasteiger partial charge < -0.3 is 10.5 Å². The minimum atomic E-state index is 0.472. The number of nitrogens with zero attached hydrogens (tertiary/aromatic N) is 2. The van der Waals surface area contributed by atoms with E-state index in [9.17, 15) is 0 Å². The van der Waals surface area contributed by atoms with Gasteiger partial charge in [-0.25, -0.2) is 4.98 Å². The first-order valence-electron chi connectivity index (χ1n) is 4.77. The van der Waals surface area contributed by atoms with Gasteiger partial charge in [0.2, 0.25) is 0 Å². The van der Waals surface area contributed by atoms with Crippen molar-refractivity contribution in [2.24, 2.45) is 0 Å². The van der Waals surface area contributed by atoms with Crippen LogP contribution >= 0.6 is 11.6 Å². The molecule has 2 rings (SSSR count). The lowest BCUT2D eigenvalue weighted by molar-refractivity contribution is 0.412. The van der Waals surface area contributed by atoms with Crippen LogP contribution in [0.3, 0.4) is 0 Å². The van der Waals surface area contributed by atoms with E-state index in [1.807, 2.05) is 23.6 Å². The Balaban J connectivity index is 2.62. The van der Waals surface area contributed by atoms with Crippen molar-refractivity contribution in [3.63, 3.8) is 0 Å². The number of aromatic nitrogens is 2. The van der Waals surface area contributed by atoms with E-state index in [1.54, 1.807) is 19.4 Å². The van der Waals surface area contributed by atoms with E-state index in [2.05, 4.69) is 4.98 Å². The molecule has 0 aliphatic rings. The van der Waals surface area contributed by atoms with E-state index in [1.165, 1.54) is 0 Å². The molecule has 1 aromatic heterocycles. The summed E-state index contributed by atoms with van der Waals surface area (Å²) in [5.41, 5.74) is 6.47. The molecular weight excluding hydrogens is 226 g/mol. The summed E-state index contributed by atoms with van der Waals surface area (Å²) < 4.78 is 7.12. The Bertz CT molecular complexity index is 522. The summed E-state index contributed by atoms with van der Waals surface area (Å²) in [5, 5.41) is 0.641. The Morgan fingerprint density at radius 3 is 2.75 bits per heavy atom. The smallest absolute Gasteiger partial charge is 0.142 e. The van der Waals surface area contributed by atoms with Gasteiger partial charge in [-0.1, -0.05) is 11.6 Å². The van der Waals surface area contributed by atoms with Gasteiger partial charge >= 0.3 is 0 Å². The van der Waals surface area contributed by atoms with E-state index in [0.717, 1.165) is 17.3 Å². The Morgan fingerprint density at radius 2 is 2.19 bits per heavy atom. The fourth-order valence-electron chi connectivity index (χ4n) is 1.59. The van der Waals surface area contributed by atoms with Crippen LogP contribution in [-0.2, 0) is 0 Å². The minimum absolute atomic E-state index is 0.472. The van der Waals surface area contributed by atoms with Crippen LogP contribution in [0.5, 0.6) is 5.75 Å². The topological polar surface area (TPSA) is 53.1 Å². The molecule has 2 aromatic rings. The highest BCUT2D eigenvalue weighted by molar-refractivity contribution is 6.30. The highest BCUT2D eigenvalue weighted by Gasteiger charge is 2.09. The van der Waals surface area contributed by atoms with Gasteiger partial charge in [0.15, 0.2) is 0 Å². The maximum Gasteiger partial charge on any atom is 0.142 e. The van der Waals surface area contributed by atoms with Crippen molar-refractivity contribution in [2.45, 2.75) is 6.92 Å². The first kappa shape index (κ1) is 10.8. The Hall–Kier alpha value is -1.68. The fourth-order valence-corrected chi connectivity index (χ4v) is 1.76. The van der Waals surface area contributed by atoms with Gasteiger partial charge in [0.25, 0.3) is 0 Å². The van der Waals surface area contributed by atoms with E-state index < -0.39 is 0 Å². The summed E-state index contributed by atoms with van der Waals surface area (Å²) in [4.78, 5) is 4.13. The van der Waals surface area contributed by atoms with Crippen molar-refractivity contribution >= 4 is 17.4 Å². The second-order valence-corrected chi connectivity index (χ2v) is 3.84. The standard InChI is InChI=1S/C11H12ClN3O/c1-7-14-11(13)6-15(7)9-5-8(12)3-4-10(9)16-2/h3-6H,13H2,1-2H3. The molecule has 16 heavy (non-hydrogen) atoms. The number of nitrogen functional groups attached to an aromatic ring is 1. The molecule has 2 N–H and O–H groups in total. The van der Waals surface area contributed by atoms with Gasteiger partial charge in [-0.2, -0.15) is 0 Å². The third-order valence-electron chi connectivity index (χ3n) is 2.30. The van der Waals surface area contributed by atoms with E-state index in [0.29, 0.717) is 10.8 Å². The maximum atomic E-state index is 5.96. The average Bonchev–Trinajstić information content (AvgIpc) is 2.57. The normalized spacial score (nSPS) is 10.4. The Kier molecular flexibility index (Phi) is 2.75. The van der Waals surface area contributed by atoms with Crippen LogP contribution < -0.4 is 10.5 Å². The fraction of sp³-hybridized carbons (Fsp3) is 0.182. The molecule has 0 atom stereocenters. The van der Waals surface area contributed by atoms with E-state index in [4.69, 9.17) is 22.1 Å². The van der Waals surface area contributed by atoms with Crippen molar-refractivity contribution in [1.29, 1.82) is 0 Å². The number of hydrogen-bond donors (Lipinski definition) is 1. The zero-order chi connectivity index (χ0) is 11.7. The highest BCUT2D eigenvalue weighted by atomic mass is 35.5. The van der Waals surface area contributed by atoms with Crippen molar-refractivity contribution in [3.05, 3.63) is 35.2 Å². The number of nitrogens with two attached hydrogens (primary N) is 1. The molecular formula is C11H12ClN3O. The molecule has 0 spiro atoms. The molecule has 5 heteroatoms. The molecule has 0 aliphatic heterocycles. The zero-order valence-corrected chi connectivity index (χ0v) is 9.82. The number of imidazole rings is 1. The molecule has 0 aliphatic carbocycles. The van der Waals surface area contributed by atoms with E-state index in [-0.39, 0.29) is 0 Å². The largest absolute Gasteiger partial charge is 0.495 e. The van der Waals surface area contributed by atoms with Crippen LogP contribution in [0.25, 0.3) is 5.69 Å². The molecule has 0 radical (unpaired) electrons. The third-order valence-corrected chi connectivity index (χ3v) is 2.54. The first-order chi connectivity index (χ1) is 7.61. The summed E-state index contributed by atoms with van der Waals surface area (Å²) in [6.07, 6.45) is 1.74. The molecule has 0 bridgehead atoms. The molecule has 0 amide bonds. The Labute approximate surface area is 98.6 Å². The second kappa shape index (κ2) is 4.06. The predicted molar refractivity (Wildman–Crippen MR) is 64.3 cm³/mol. The summed E-state index contributed by atoms with van der Waals surface area (Å²) in [6, 6.07) is 5.40. The minimum Gasteiger partial charge on any atom is -0.495 e. The van der Waals surface area contributed by atoms with Crippen LogP contribution in [0, 0.1) is 6.92 Å². The van der Waals surface area contributed by atoms with Crippen LogP contribution in [0.1, 0.15) is 5.82 Å². The van der Waals surface area contributed by atoms with Gasteiger partial charge in [-0.3, -0.25) is 4.57 Å². The third kappa shape index (κ3) is 1.84. The highest BCUT2D eigenvalue weighted by Crippen LogP contribution is 2.27. The molecule has 0 unspecified atom stereocenters. The quantitative estimate of drug-likeness (QED) is 0.873. The number of benzene rings is 1. The van der Waals surface area contributed by atoms with Crippen molar-refractivity contribution < 1.29 is 4.74 Å². The molecule has 0 fully saturated rings. The van der Waals surface area contributed by atoms with E-state index >= 15 is 0 Å². The van der Waals surface area contributed by atoms with Crippen LogP contribution in [0.15, 0.2) is 24.4 Å². The number of anilines is 1. The summed E-state index contributed by atoms with van der Waals surface area (Å²) in [6.45, 7) is 1.87. The SMILES string of the molecule is COc1ccc(Cl)cc1-n1cc(N)nc1C. The number of ether oxygens (including phenoxy) is 1. The molecule has 0 saturated heterocycles. The van der Waals surface area contributed by atoms with Crippen LogP contribution in [0.2, 0.25) is 5.02 Å². The van der Waals surface area contributed by atoms with Gasteiger partial charge in [-0.05, 0) is 25.1 Å². The molecule has 84 valence electrons. The number of hydrogen-bond acceptors (Lipinski definition) is 3. The monoisotopic (exact) mass is 237 g/mol. The summed E-state index contributed by atoms with van der Waals surface area (Å²) in [5.74, 6) is 1.99. The molecule has 0 saturated carbocycles. The Morgan fingerprint density at radius 1 is 1.44 bits per heavy atom. The molecule has 1 aromatic carbocycles. The van der Waals surface area contributed by atoms with Crippen LogP contribution in [0.4, 0.5) is 5.82 Å². The van der Waals surface area contributed by atoms with Crippen LogP contribution in [-0.4, -0.2) is 16.7 Å². The first-order valence-corrected chi connectivity index (χ1v) is 5.15. The van der Waals surface area contributed by atoms with Crippen molar-refractivity contribution in [2.75, 3.05) is 12.8 Å². The molecule has 1 heterocycles. The number of halogens is 1. The lowest BCUT2D eigenvalue weighted by atomic mass is 10.3. The van der Waals surface area contributed by atoms with Gasteiger partial charge in [0, 0.05) is 5.02 Å². The lowest BCUT2D eigenvalue weighted by Gasteiger charge is -2.10. The predicted octanol–water partition coefficient (Wildman–Crippen LogP) is 2.42. The maximum absolute atomic E-state index is 5.96. The number of methoxy groups -OCH3 is 1. The number of aryl methyl sites for hydroxylation is 1. The second-order valence-electron chi connectivity index (χ2n) is 3.40. The zero-order valence-electron chi connectivity index (χ0n) is 9.07. The van der Waals surface area contributed by atoms with Crippen molar-refractivity contribution in [1.82, 2.24) is 9.55 Å². The molecule has 4 nitrogen and oxygen atoms in total. The van der Waals surface area contributed by atoms with Crippen molar-refractivity contribution in [3.8, 4) is 11.4 Å². The van der Waals surface area contributed by atoms with Gasteiger partial charge in [-0.15, -0.1) is 0 Å².